The van der Waals surface area contributed by atoms with Crippen LogP contribution in [0.2, 0.25) is 0 Å². The Morgan fingerprint density at radius 1 is 1.00 bits per heavy atom. The number of aliphatic carboxylic acids is 1. The van der Waals surface area contributed by atoms with Crippen molar-refractivity contribution in [2.24, 2.45) is 5.92 Å². The Labute approximate surface area is 219 Å². The second-order valence-corrected chi connectivity index (χ2v) is 9.21. The lowest BCUT2D eigenvalue weighted by atomic mass is 10.0. The molecule has 0 radical (unpaired) electrons. The van der Waals surface area contributed by atoms with E-state index in [-0.39, 0.29) is 24.9 Å². The van der Waals surface area contributed by atoms with Crippen LogP contribution in [0.5, 0.6) is 5.75 Å². The summed E-state index contributed by atoms with van der Waals surface area (Å²) in [6.45, 7) is 4.60. The third-order valence-electron chi connectivity index (χ3n) is 5.59. The molecular formula is C28H30F3N3O4. The van der Waals surface area contributed by atoms with Gasteiger partial charge in [0.25, 0.3) is 5.91 Å². The largest absolute Gasteiger partial charge is 0.490 e. The van der Waals surface area contributed by atoms with E-state index in [1.165, 1.54) is 18.3 Å². The molecule has 0 saturated heterocycles. The van der Waals surface area contributed by atoms with Crippen molar-refractivity contribution in [3.05, 3.63) is 78.0 Å². The minimum Gasteiger partial charge on any atom is -0.490 e. The maximum atomic E-state index is 12.8. The van der Waals surface area contributed by atoms with E-state index in [9.17, 15) is 22.8 Å². The Balaban J connectivity index is 1.57. The van der Waals surface area contributed by atoms with Crippen LogP contribution in [0.1, 0.15) is 42.6 Å². The summed E-state index contributed by atoms with van der Waals surface area (Å²) in [4.78, 5) is 27.1. The zero-order valence-corrected chi connectivity index (χ0v) is 21.1. The van der Waals surface area contributed by atoms with Gasteiger partial charge in [0.05, 0.1) is 29.9 Å². The molecule has 0 saturated carbocycles. The number of ether oxygens (including phenoxy) is 1. The zero-order valence-electron chi connectivity index (χ0n) is 21.1. The third kappa shape index (κ3) is 8.79. The lowest BCUT2D eigenvalue weighted by Gasteiger charge is -2.22. The molecule has 0 spiro atoms. The average Bonchev–Trinajstić information content (AvgIpc) is 2.87. The van der Waals surface area contributed by atoms with Gasteiger partial charge in [-0.3, -0.25) is 14.6 Å². The zero-order chi connectivity index (χ0) is 27.7. The van der Waals surface area contributed by atoms with Gasteiger partial charge in [0, 0.05) is 23.4 Å². The predicted molar refractivity (Wildman–Crippen MR) is 138 cm³/mol. The van der Waals surface area contributed by atoms with Crippen LogP contribution in [0, 0.1) is 5.92 Å². The van der Waals surface area contributed by atoms with Crippen molar-refractivity contribution in [3.8, 4) is 17.0 Å². The molecular weight excluding hydrogens is 499 g/mol. The van der Waals surface area contributed by atoms with Crippen LogP contribution in [0.3, 0.4) is 0 Å². The van der Waals surface area contributed by atoms with Gasteiger partial charge in [-0.2, -0.15) is 13.2 Å². The molecule has 3 rings (SSSR count). The molecule has 0 bridgehead atoms. The monoisotopic (exact) mass is 529 g/mol. The number of carboxylic acids is 1. The van der Waals surface area contributed by atoms with E-state index in [1.807, 2.05) is 0 Å². The molecule has 0 aliphatic heterocycles. The second kappa shape index (κ2) is 12.9. The van der Waals surface area contributed by atoms with E-state index in [0.717, 1.165) is 24.2 Å². The SMILES string of the molecule is CC(C)CC(COc1ccc(-c2ccc(C(F)(F)F)cc2)nc1)Nc1ccc(C(=O)NCCC(=O)O)cc1. The van der Waals surface area contributed by atoms with Crippen LogP contribution >= 0.6 is 0 Å². The number of carbonyl (C=O) groups excluding carboxylic acids is 1. The number of benzene rings is 2. The third-order valence-corrected chi connectivity index (χ3v) is 5.59. The van der Waals surface area contributed by atoms with Gasteiger partial charge in [0.1, 0.15) is 12.4 Å². The lowest BCUT2D eigenvalue weighted by Crippen LogP contribution is -2.29. The van der Waals surface area contributed by atoms with Crippen molar-refractivity contribution >= 4 is 17.6 Å². The number of nitrogens with zero attached hydrogens (tertiary/aromatic N) is 1. The van der Waals surface area contributed by atoms with E-state index >= 15 is 0 Å². The quantitative estimate of drug-likeness (QED) is 0.271. The number of amides is 1. The maximum Gasteiger partial charge on any atom is 0.416 e. The Bertz CT molecular complexity index is 1200. The number of anilines is 1. The molecule has 10 heteroatoms. The van der Waals surface area contributed by atoms with Crippen molar-refractivity contribution in [2.45, 2.75) is 38.9 Å². The summed E-state index contributed by atoms with van der Waals surface area (Å²) in [5.74, 6) is -0.401. The number of pyridine rings is 1. The summed E-state index contributed by atoms with van der Waals surface area (Å²) in [5.41, 5.74) is 1.63. The van der Waals surface area contributed by atoms with Crippen LogP contribution in [-0.4, -0.2) is 41.2 Å². The van der Waals surface area contributed by atoms with Crippen molar-refractivity contribution in [3.63, 3.8) is 0 Å². The molecule has 3 N–H and O–H groups in total. The van der Waals surface area contributed by atoms with Crippen molar-refractivity contribution in [2.75, 3.05) is 18.5 Å². The predicted octanol–water partition coefficient (Wildman–Crippen LogP) is 5.88. The van der Waals surface area contributed by atoms with Gasteiger partial charge in [0.15, 0.2) is 0 Å². The van der Waals surface area contributed by atoms with E-state index in [0.29, 0.717) is 35.1 Å². The number of carbonyl (C=O) groups is 2. The van der Waals surface area contributed by atoms with E-state index in [4.69, 9.17) is 9.84 Å². The van der Waals surface area contributed by atoms with Gasteiger partial charge < -0.3 is 20.5 Å². The molecule has 0 fully saturated rings. The molecule has 1 unspecified atom stereocenters. The normalized spacial score (nSPS) is 12.2. The van der Waals surface area contributed by atoms with Gasteiger partial charge in [-0.25, -0.2) is 0 Å². The highest BCUT2D eigenvalue weighted by molar-refractivity contribution is 5.94. The Kier molecular flexibility index (Phi) is 9.70. The minimum absolute atomic E-state index is 0.0418. The number of hydrogen-bond acceptors (Lipinski definition) is 5. The van der Waals surface area contributed by atoms with Gasteiger partial charge in [0.2, 0.25) is 0 Å². The summed E-state index contributed by atoms with van der Waals surface area (Å²) < 4.78 is 44.3. The molecule has 0 aliphatic rings. The van der Waals surface area contributed by atoms with Crippen LogP contribution in [-0.2, 0) is 11.0 Å². The Morgan fingerprint density at radius 3 is 2.24 bits per heavy atom. The van der Waals surface area contributed by atoms with Crippen LogP contribution in [0.4, 0.5) is 18.9 Å². The summed E-state index contributed by atoms with van der Waals surface area (Å²) in [5, 5.41) is 14.7. The van der Waals surface area contributed by atoms with Crippen LogP contribution in [0.25, 0.3) is 11.3 Å². The lowest BCUT2D eigenvalue weighted by molar-refractivity contribution is -0.138. The fourth-order valence-corrected chi connectivity index (χ4v) is 3.74. The second-order valence-electron chi connectivity index (χ2n) is 9.21. The average molecular weight is 530 g/mol. The molecule has 1 amide bonds. The standard InChI is InChI=1S/C28H30F3N3O4/c1-18(2)15-23(34-22-9-5-20(6-10-22)27(37)32-14-13-26(35)36)17-38-24-11-12-25(33-16-24)19-3-7-21(8-4-19)28(29,30)31/h3-12,16,18,23,34H,13-15,17H2,1-2H3,(H,32,37)(H,35,36). The topological polar surface area (TPSA) is 101 Å². The molecule has 7 nitrogen and oxygen atoms in total. The van der Waals surface area contributed by atoms with Crippen molar-refractivity contribution in [1.82, 2.24) is 10.3 Å². The fraction of sp³-hybridized carbons (Fsp3) is 0.321. The molecule has 2 aromatic carbocycles. The van der Waals surface area contributed by atoms with Gasteiger partial charge >= 0.3 is 12.1 Å². The number of aromatic nitrogens is 1. The molecule has 38 heavy (non-hydrogen) atoms. The number of halogens is 3. The Morgan fingerprint density at radius 2 is 1.68 bits per heavy atom. The highest BCUT2D eigenvalue weighted by Crippen LogP contribution is 2.30. The molecule has 1 atom stereocenters. The fourth-order valence-electron chi connectivity index (χ4n) is 3.74. The molecule has 1 heterocycles. The smallest absolute Gasteiger partial charge is 0.416 e. The number of rotatable bonds is 12. The van der Waals surface area contributed by atoms with Gasteiger partial charge in [-0.05, 0) is 60.9 Å². The van der Waals surface area contributed by atoms with E-state index < -0.39 is 17.7 Å². The number of hydrogen-bond donors (Lipinski definition) is 3. The van der Waals surface area contributed by atoms with Crippen LogP contribution < -0.4 is 15.4 Å². The molecule has 0 aliphatic carbocycles. The highest BCUT2D eigenvalue weighted by atomic mass is 19.4. The first-order valence-corrected chi connectivity index (χ1v) is 12.1. The van der Waals surface area contributed by atoms with Gasteiger partial charge in [-0.1, -0.05) is 26.0 Å². The first-order valence-electron chi connectivity index (χ1n) is 12.1. The van der Waals surface area contributed by atoms with Crippen molar-refractivity contribution < 1.29 is 32.6 Å². The van der Waals surface area contributed by atoms with E-state index in [1.54, 1.807) is 36.4 Å². The highest BCUT2D eigenvalue weighted by Gasteiger charge is 2.30. The number of alkyl halides is 3. The first kappa shape index (κ1) is 28.5. The summed E-state index contributed by atoms with van der Waals surface area (Å²) in [6.07, 6.45) is -2.18. The van der Waals surface area contributed by atoms with Crippen molar-refractivity contribution in [1.29, 1.82) is 0 Å². The summed E-state index contributed by atoms with van der Waals surface area (Å²) >= 11 is 0. The number of nitrogens with one attached hydrogen (secondary N) is 2. The number of carboxylic acid groups (broad SMARTS) is 1. The van der Waals surface area contributed by atoms with Gasteiger partial charge in [-0.15, -0.1) is 0 Å². The van der Waals surface area contributed by atoms with E-state index in [2.05, 4.69) is 29.5 Å². The molecule has 3 aromatic rings. The molecule has 1 aromatic heterocycles. The Hall–Kier alpha value is -4.08. The summed E-state index contributed by atoms with van der Waals surface area (Å²) in [7, 11) is 0. The molecule has 202 valence electrons. The minimum atomic E-state index is -4.38. The first-order chi connectivity index (χ1) is 18.0. The summed E-state index contributed by atoms with van der Waals surface area (Å²) in [6, 6.07) is 15.1. The van der Waals surface area contributed by atoms with Crippen LogP contribution in [0.15, 0.2) is 66.9 Å². The maximum absolute atomic E-state index is 12.8.